The first kappa shape index (κ1) is 59.1. The Morgan fingerprint density at radius 3 is 1.11 bits per heavy atom. The van der Waals surface area contributed by atoms with Crippen molar-refractivity contribution >= 4 is 17.9 Å². The van der Waals surface area contributed by atoms with E-state index in [0.29, 0.717) is 64.5 Å². The number of carbonyl (C=O) groups excluding carboxylic acids is 2. The van der Waals surface area contributed by atoms with Crippen LogP contribution in [-0.2, 0) is 23.9 Å². The number of hydrogen-bond acceptors (Lipinski definition) is 8. The summed E-state index contributed by atoms with van der Waals surface area (Å²) in [5, 5.41) is 18.8. The molecule has 0 aromatic rings. The molecule has 0 amide bonds. The second kappa shape index (κ2) is 49.1. The van der Waals surface area contributed by atoms with Gasteiger partial charge in [0, 0.05) is 39.2 Å². The van der Waals surface area contributed by atoms with Crippen LogP contribution in [0.4, 0.5) is 0 Å². The summed E-state index contributed by atoms with van der Waals surface area (Å²) in [5.74, 6) is 1.27. The number of carboxylic acid groups (broad SMARTS) is 1. The Morgan fingerprint density at radius 1 is 0.410 bits per heavy atom. The summed E-state index contributed by atoms with van der Waals surface area (Å²) in [4.78, 5) is 39.7. The molecule has 9 heteroatoms. The van der Waals surface area contributed by atoms with E-state index in [0.717, 1.165) is 38.6 Å². The van der Waals surface area contributed by atoms with Gasteiger partial charge < -0.3 is 29.5 Å². The topological polar surface area (TPSA) is 117 Å². The average molecular weight is 865 g/mol. The minimum Gasteiger partial charge on any atom is -0.487 e. The second-order valence-electron chi connectivity index (χ2n) is 18.0. The first-order valence-electron chi connectivity index (χ1n) is 26.3. The molecular weight excluding hydrogens is 765 g/mol. The highest BCUT2D eigenvalue weighted by Gasteiger charge is 2.14. The summed E-state index contributed by atoms with van der Waals surface area (Å²) in [5.41, 5.74) is 0. The molecule has 0 saturated heterocycles. The number of rotatable bonds is 51. The molecule has 0 aliphatic carbocycles. The number of aliphatic hydroxyl groups is 1. The highest BCUT2D eigenvalue weighted by atomic mass is 16.5. The standard InChI is InChI=1S/C52H100N2O7/c1-3-5-7-9-11-13-15-16-17-18-19-20-21-22-23-24-26-28-30-32-34-48-61-52(59)39-45-54(44-38-51(57)58)41-35-40-53(42-36-46-55)43-37-50(49-56)60-47-33-31-29-27-25-14-12-10-8-6-4-2/h55H,3-48H2,1-2H3,(H,57,58). The first-order valence-corrected chi connectivity index (χ1v) is 26.3. The van der Waals surface area contributed by atoms with Crippen LogP contribution in [0.1, 0.15) is 251 Å². The molecule has 0 bridgehead atoms. The molecule has 0 atom stereocenters. The Balaban J connectivity index is 4.07. The molecule has 360 valence electrons. The summed E-state index contributed by atoms with van der Waals surface area (Å²) in [6.07, 6.45) is 44.2. The number of hydrogen-bond donors (Lipinski definition) is 2. The van der Waals surface area contributed by atoms with Gasteiger partial charge in [0.1, 0.15) is 0 Å². The van der Waals surface area contributed by atoms with Crippen LogP contribution in [0, 0.1) is 0 Å². The number of carboxylic acids is 1. The predicted molar refractivity (Wildman–Crippen MR) is 256 cm³/mol. The van der Waals surface area contributed by atoms with Crippen molar-refractivity contribution < 1.29 is 34.1 Å². The highest BCUT2D eigenvalue weighted by Crippen LogP contribution is 2.16. The van der Waals surface area contributed by atoms with Crippen molar-refractivity contribution in [2.45, 2.75) is 251 Å². The number of unbranched alkanes of at least 4 members (excludes halogenated alkanes) is 30. The lowest BCUT2D eigenvalue weighted by Crippen LogP contribution is -2.34. The molecule has 61 heavy (non-hydrogen) atoms. The van der Waals surface area contributed by atoms with E-state index in [-0.39, 0.29) is 25.4 Å². The molecule has 0 rings (SSSR count). The van der Waals surface area contributed by atoms with Gasteiger partial charge in [0.15, 0.2) is 11.7 Å². The first-order chi connectivity index (χ1) is 30.0. The summed E-state index contributed by atoms with van der Waals surface area (Å²) in [6, 6.07) is 0. The number of aliphatic carboxylic acids is 1. The third-order valence-corrected chi connectivity index (χ3v) is 12.2. The molecule has 0 radical (unpaired) electrons. The average Bonchev–Trinajstić information content (AvgIpc) is 3.26. The van der Waals surface area contributed by atoms with Gasteiger partial charge in [-0.2, -0.15) is 0 Å². The Hall–Kier alpha value is -1.93. The van der Waals surface area contributed by atoms with Gasteiger partial charge in [0.25, 0.3) is 0 Å². The fourth-order valence-electron chi connectivity index (χ4n) is 8.15. The van der Waals surface area contributed by atoms with Gasteiger partial charge in [-0.15, -0.1) is 0 Å². The zero-order chi connectivity index (χ0) is 44.5. The fraction of sp³-hybridized carbons (Fsp3) is 0.923. The third-order valence-electron chi connectivity index (χ3n) is 12.2. The van der Waals surface area contributed by atoms with Crippen LogP contribution < -0.4 is 0 Å². The normalized spacial score (nSPS) is 11.4. The van der Waals surface area contributed by atoms with Gasteiger partial charge in [-0.3, -0.25) is 9.59 Å². The molecule has 0 unspecified atom stereocenters. The molecule has 0 aliphatic heterocycles. The molecule has 0 fully saturated rings. The van der Waals surface area contributed by atoms with E-state index in [1.165, 1.54) is 180 Å². The molecule has 0 aromatic carbocycles. The largest absolute Gasteiger partial charge is 0.487 e. The molecule has 0 aromatic heterocycles. The van der Waals surface area contributed by atoms with Crippen LogP contribution >= 0.6 is 0 Å². The van der Waals surface area contributed by atoms with Crippen molar-refractivity contribution in [3.63, 3.8) is 0 Å². The monoisotopic (exact) mass is 865 g/mol. The van der Waals surface area contributed by atoms with Gasteiger partial charge in [0.05, 0.1) is 26.1 Å². The molecule has 9 nitrogen and oxygen atoms in total. The summed E-state index contributed by atoms with van der Waals surface area (Å²) in [7, 11) is 0. The van der Waals surface area contributed by atoms with E-state index < -0.39 is 5.97 Å². The van der Waals surface area contributed by atoms with Gasteiger partial charge in [0.2, 0.25) is 0 Å². The second-order valence-corrected chi connectivity index (χ2v) is 18.0. The number of nitrogens with zero attached hydrogens (tertiary/aromatic N) is 2. The van der Waals surface area contributed by atoms with Crippen LogP contribution in [0.3, 0.4) is 0 Å². The van der Waals surface area contributed by atoms with E-state index in [4.69, 9.17) is 9.47 Å². The van der Waals surface area contributed by atoms with Crippen LogP contribution in [0.25, 0.3) is 0 Å². The summed E-state index contributed by atoms with van der Waals surface area (Å²) >= 11 is 0. The maximum atomic E-state index is 12.5. The van der Waals surface area contributed by atoms with Crippen LogP contribution in [0.5, 0.6) is 0 Å². The van der Waals surface area contributed by atoms with E-state index in [2.05, 4.69) is 18.7 Å². The molecular formula is C52H100N2O7. The summed E-state index contributed by atoms with van der Waals surface area (Å²) in [6.45, 7) is 9.18. The SMILES string of the molecule is CCCCCCCCCCCCCCCCCCCCCCCOC(=O)CCN(CCCN(CCCO)CCC(=C=O)OCCCCCCCCCCCCC)CCC(=O)O. The van der Waals surface area contributed by atoms with Gasteiger partial charge >= 0.3 is 11.9 Å². The predicted octanol–water partition coefficient (Wildman–Crippen LogP) is 13.4. The van der Waals surface area contributed by atoms with Crippen molar-refractivity contribution in [3.05, 3.63) is 5.76 Å². The number of esters is 1. The van der Waals surface area contributed by atoms with Gasteiger partial charge in [-0.1, -0.05) is 206 Å². The summed E-state index contributed by atoms with van der Waals surface area (Å²) < 4.78 is 11.3. The van der Waals surface area contributed by atoms with E-state index >= 15 is 0 Å². The van der Waals surface area contributed by atoms with Gasteiger partial charge in [-0.25, -0.2) is 4.79 Å². The van der Waals surface area contributed by atoms with Crippen molar-refractivity contribution in [2.24, 2.45) is 0 Å². The van der Waals surface area contributed by atoms with Crippen molar-refractivity contribution in [1.82, 2.24) is 9.80 Å². The molecule has 2 N–H and O–H groups in total. The van der Waals surface area contributed by atoms with Crippen molar-refractivity contribution in [2.75, 3.05) is 59.1 Å². The molecule has 0 aliphatic rings. The minimum absolute atomic E-state index is 0.0205. The zero-order valence-electron chi connectivity index (χ0n) is 40.4. The molecule has 0 saturated carbocycles. The number of carbonyl (C=O) groups is 2. The van der Waals surface area contributed by atoms with Crippen LogP contribution in [0.15, 0.2) is 5.76 Å². The smallest absolute Gasteiger partial charge is 0.307 e. The van der Waals surface area contributed by atoms with E-state index in [1.54, 1.807) is 0 Å². The lowest BCUT2D eigenvalue weighted by molar-refractivity contribution is -0.144. The minimum atomic E-state index is -0.853. The van der Waals surface area contributed by atoms with E-state index in [9.17, 15) is 24.6 Å². The Labute approximate surface area is 376 Å². The van der Waals surface area contributed by atoms with Crippen molar-refractivity contribution in [3.8, 4) is 0 Å². The lowest BCUT2D eigenvalue weighted by atomic mass is 10.0. The van der Waals surface area contributed by atoms with Crippen LogP contribution in [0.2, 0.25) is 0 Å². The van der Waals surface area contributed by atoms with Gasteiger partial charge in [-0.05, 0) is 38.8 Å². The van der Waals surface area contributed by atoms with Crippen LogP contribution in [-0.4, -0.2) is 97.0 Å². The quantitative estimate of drug-likeness (QED) is 0.0267. The number of aliphatic hydroxyl groups excluding tert-OH is 1. The zero-order valence-corrected chi connectivity index (χ0v) is 40.4. The molecule has 0 spiro atoms. The molecule has 0 heterocycles. The third kappa shape index (κ3) is 45.9. The maximum Gasteiger partial charge on any atom is 0.307 e. The Bertz CT molecular complexity index is 989. The number of ether oxygens (including phenoxy) is 2. The fourth-order valence-corrected chi connectivity index (χ4v) is 8.15. The lowest BCUT2D eigenvalue weighted by Gasteiger charge is -2.25. The Morgan fingerprint density at radius 2 is 0.738 bits per heavy atom. The Kier molecular flexibility index (Phi) is 47.5. The van der Waals surface area contributed by atoms with E-state index in [1.807, 2.05) is 10.8 Å². The van der Waals surface area contributed by atoms with Crippen molar-refractivity contribution in [1.29, 1.82) is 0 Å². The maximum absolute atomic E-state index is 12.5. The highest BCUT2D eigenvalue weighted by molar-refractivity contribution is 5.69.